The lowest BCUT2D eigenvalue weighted by Crippen LogP contribution is -2.34. The first-order valence-electron chi connectivity index (χ1n) is 6.91. The van der Waals surface area contributed by atoms with Crippen molar-refractivity contribution in [2.45, 2.75) is 26.7 Å². The zero-order valence-corrected chi connectivity index (χ0v) is 11.6. The molecule has 1 aliphatic rings. The zero-order valence-electron chi connectivity index (χ0n) is 11.6. The highest BCUT2D eigenvalue weighted by Gasteiger charge is 2.22. The smallest absolute Gasteiger partial charge is 0.146 e. The highest BCUT2D eigenvalue weighted by atomic mass is 16.5. The second-order valence-electron chi connectivity index (χ2n) is 4.49. The molecule has 1 saturated heterocycles. The molecule has 0 N–H and O–H groups in total. The van der Waals surface area contributed by atoms with Crippen LogP contribution in [-0.4, -0.2) is 32.1 Å². The molecule has 1 aromatic rings. The Labute approximate surface area is 114 Å². The van der Waals surface area contributed by atoms with E-state index in [9.17, 15) is 4.79 Å². The van der Waals surface area contributed by atoms with Gasteiger partial charge in [-0.25, -0.2) is 0 Å². The number of carbonyl (C=O) groups is 1. The van der Waals surface area contributed by atoms with Crippen LogP contribution in [0.3, 0.4) is 0 Å². The summed E-state index contributed by atoms with van der Waals surface area (Å²) >= 11 is 0. The van der Waals surface area contributed by atoms with E-state index < -0.39 is 0 Å². The van der Waals surface area contributed by atoms with Crippen LogP contribution in [-0.2, 0) is 4.79 Å². The molecule has 1 aromatic carbocycles. The zero-order chi connectivity index (χ0) is 13.7. The van der Waals surface area contributed by atoms with Crippen LogP contribution in [0.4, 0.5) is 5.69 Å². The molecule has 0 unspecified atom stereocenters. The number of anilines is 1. The fraction of sp³-hybridized carbons (Fsp3) is 0.533. The van der Waals surface area contributed by atoms with E-state index in [1.807, 2.05) is 32.0 Å². The summed E-state index contributed by atoms with van der Waals surface area (Å²) in [5.74, 6) is 2.01. The summed E-state index contributed by atoms with van der Waals surface area (Å²) in [4.78, 5) is 13.6. The van der Waals surface area contributed by atoms with Crippen molar-refractivity contribution < 1.29 is 14.3 Å². The second kappa shape index (κ2) is 6.45. The predicted molar refractivity (Wildman–Crippen MR) is 75.2 cm³/mol. The second-order valence-corrected chi connectivity index (χ2v) is 4.49. The van der Waals surface area contributed by atoms with Crippen LogP contribution in [0.25, 0.3) is 0 Å². The van der Waals surface area contributed by atoms with Gasteiger partial charge in [-0.1, -0.05) is 6.07 Å². The number of ketones is 1. The highest BCUT2D eigenvalue weighted by molar-refractivity contribution is 5.82. The van der Waals surface area contributed by atoms with Gasteiger partial charge in [-0.3, -0.25) is 4.79 Å². The van der Waals surface area contributed by atoms with E-state index in [1.54, 1.807) is 0 Å². The summed E-state index contributed by atoms with van der Waals surface area (Å²) in [5, 5.41) is 0. The number of piperidine rings is 1. The quantitative estimate of drug-likeness (QED) is 0.818. The van der Waals surface area contributed by atoms with Gasteiger partial charge in [0.1, 0.15) is 23.0 Å². The van der Waals surface area contributed by atoms with E-state index in [0.29, 0.717) is 31.8 Å². The van der Waals surface area contributed by atoms with Gasteiger partial charge in [0.2, 0.25) is 0 Å². The van der Waals surface area contributed by atoms with E-state index in [1.165, 1.54) is 0 Å². The lowest BCUT2D eigenvalue weighted by atomic mass is 10.1. The normalized spacial score (nSPS) is 15.5. The Morgan fingerprint density at radius 2 is 1.58 bits per heavy atom. The SMILES string of the molecule is CCOc1cccc(OCC)c1N1CCC(=O)CC1. The Morgan fingerprint density at radius 1 is 1.05 bits per heavy atom. The molecule has 2 rings (SSSR count). The molecule has 0 aromatic heterocycles. The lowest BCUT2D eigenvalue weighted by molar-refractivity contribution is -0.119. The van der Waals surface area contributed by atoms with Crippen LogP contribution < -0.4 is 14.4 Å². The molecule has 104 valence electrons. The van der Waals surface area contributed by atoms with Gasteiger partial charge in [0.25, 0.3) is 0 Å². The molecule has 0 atom stereocenters. The minimum Gasteiger partial charge on any atom is -0.492 e. The molecule has 0 spiro atoms. The summed E-state index contributed by atoms with van der Waals surface area (Å²) < 4.78 is 11.4. The molecular weight excluding hydrogens is 242 g/mol. The molecule has 19 heavy (non-hydrogen) atoms. The van der Waals surface area contributed by atoms with E-state index in [2.05, 4.69) is 4.90 Å². The fourth-order valence-corrected chi connectivity index (χ4v) is 2.34. The van der Waals surface area contributed by atoms with Gasteiger partial charge in [-0.15, -0.1) is 0 Å². The Balaban J connectivity index is 2.30. The maximum Gasteiger partial charge on any atom is 0.146 e. The average molecular weight is 263 g/mol. The number of Topliss-reactive ketones (excluding diaryl/α,β-unsaturated/α-hetero) is 1. The average Bonchev–Trinajstić information content (AvgIpc) is 2.41. The third-order valence-corrected chi connectivity index (χ3v) is 3.20. The third kappa shape index (κ3) is 3.19. The summed E-state index contributed by atoms with van der Waals surface area (Å²) in [5.41, 5.74) is 0.985. The van der Waals surface area contributed by atoms with Gasteiger partial charge in [0, 0.05) is 25.9 Å². The number of carbonyl (C=O) groups excluding carboxylic acids is 1. The van der Waals surface area contributed by atoms with Gasteiger partial charge in [-0.05, 0) is 26.0 Å². The van der Waals surface area contributed by atoms with Crippen molar-refractivity contribution >= 4 is 11.5 Å². The van der Waals surface area contributed by atoms with Crippen LogP contribution in [0.1, 0.15) is 26.7 Å². The standard InChI is InChI=1S/C15H21NO3/c1-3-18-13-6-5-7-14(19-4-2)15(13)16-10-8-12(17)9-11-16/h5-7H,3-4,8-11H2,1-2H3. The molecular formula is C15H21NO3. The molecule has 0 amide bonds. The highest BCUT2D eigenvalue weighted by Crippen LogP contribution is 2.39. The summed E-state index contributed by atoms with van der Waals surface area (Å²) in [7, 11) is 0. The van der Waals surface area contributed by atoms with Gasteiger partial charge in [0.15, 0.2) is 0 Å². The number of para-hydroxylation sites is 1. The summed E-state index contributed by atoms with van der Waals surface area (Å²) in [6.07, 6.45) is 1.21. The van der Waals surface area contributed by atoms with Crippen molar-refractivity contribution in [2.24, 2.45) is 0 Å². The van der Waals surface area contributed by atoms with Gasteiger partial charge in [-0.2, -0.15) is 0 Å². The summed E-state index contributed by atoms with van der Waals surface area (Å²) in [6, 6.07) is 5.85. The minimum absolute atomic E-state index is 0.336. The predicted octanol–water partition coefficient (Wildman–Crippen LogP) is 2.65. The Hall–Kier alpha value is -1.71. The Kier molecular flexibility index (Phi) is 4.66. The molecule has 0 radical (unpaired) electrons. The van der Waals surface area contributed by atoms with Crippen molar-refractivity contribution in [3.63, 3.8) is 0 Å². The van der Waals surface area contributed by atoms with Crippen LogP contribution in [0.5, 0.6) is 11.5 Å². The lowest BCUT2D eigenvalue weighted by Gasteiger charge is -2.31. The molecule has 1 fully saturated rings. The molecule has 4 heteroatoms. The van der Waals surface area contributed by atoms with E-state index in [-0.39, 0.29) is 0 Å². The maximum absolute atomic E-state index is 11.4. The maximum atomic E-state index is 11.4. The van der Waals surface area contributed by atoms with Crippen molar-refractivity contribution in [1.29, 1.82) is 0 Å². The van der Waals surface area contributed by atoms with Crippen molar-refractivity contribution in [1.82, 2.24) is 0 Å². The van der Waals surface area contributed by atoms with Crippen molar-refractivity contribution in [3.8, 4) is 11.5 Å². The van der Waals surface area contributed by atoms with Crippen LogP contribution in [0.2, 0.25) is 0 Å². The van der Waals surface area contributed by atoms with Crippen LogP contribution in [0.15, 0.2) is 18.2 Å². The third-order valence-electron chi connectivity index (χ3n) is 3.20. The number of ether oxygens (including phenoxy) is 2. The number of nitrogens with zero attached hydrogens (tertiary/aromatic N) is 1. The van der Waals surface area contributed by atoms with E-state index in [0.717, 1.165) is 30.3 Å². The molecule has 0 saturated carbocycles. The molecule has 0 bridgehead atoms. The molecule has 1 aliphatic heterocycles. The minimum atomic E-state index is 0.336. The van der Waals surface area contributed by atoms with Crippen molar-refractivity contribution in [3.05, 3.63) is 18.2 Å². The van der Waals surface area contributed by atoms with Crippen molar-refractivity contribution in [2.75, 3.05) is 31.2 Å². The van der Waals surface area contributed by atoms with Gasteiger partial charge >= 0.3 is 0 Å². The topological polar surface area (TPSA) is 38.8 Å². The van der Waals surface area contributed by atoms with E-state index in [4.69, 9.17) is 9.47 Å². The fourth-order valence-electron chi connectivity index (χ4n) is 2.34. The number of benzene rings is 1. The van der Waals surface area contributed by atoms with Gasteiger partial charge < -0.3 is 14.4 Å². The first-order chi connectivity index (χ1) is 9.26. The largest absolute Gasteiger partial charge is 0.492 e. The van der Waals surface area contributed by atoms with Gasteiger partial charge in [0.05, 0.1) is 13.2 Å². The molecule has 1 heterocycles. The molecule has 0 aliphatic carbocycles. The number of hydrogen-bond acceptors (Lipinski definition) is 4. The molecule has 4 nitrogen and oxygen atoms in total. The summed E-state index contributed by atoms with van der Waals surface area (Å²) in [6.45, 7) is 6.66. The van der Waals surface area contributed by atoms with E-state index >= 15 is 0 Å². The van der Waals surface area contributed by atoms with Crippen LogP contribution in [0, 0.1) is 0 Å². The number of rotatable bonds is 5. The first kappa shape index (κ1) is 13.7. The Morgan fingerprint density at radius 3 is 2.05 bits per heavy atom. The van der Waals surface area contributed by atoms with Crippen LogP contribution >= 0.6 is 0 Å². The Bertz CT molecular complexity index is 411. The number of hydrogen-bond donors (Lipinski definition) is 0. The first-order valence-corrected chi connectivity index (χ1v) is 6.91. The monoisotopic (exact) mass is 263 g/mol.